The SMILES string of the molecule is CN=Cc1nc(-c2oc3c(C(C)N)cc(C)cc3c(=O)c2C)ccc1N. The molecule has 0 fully saturated rings. The van der Waals surface area contributed by atoms with E-state index in [0.29, 0.717) is 39.4 Å². The summed E-state index contributed by atoms with van der Waals surface area (Å²) >= 11 is 0. The molecule has 0 radical (unpaired) electrons. The number of nitrogens with zero attached hydrogens (tertiary/aromatic N) is 2. The molecule has 0 aliphatic rings. The van der Waals surface area contributed by atoms with E-state index in [-0.39, 0.29) is 11.5 Å². The molecule has 0 amide bonds. The van der Waals surface area contributed by atoms with Crippen molar-refractivity contribution in [2.24, 2.45) is 10.7 Å². The van der Waals surface area contributed by atoms with Gasteiger partial charge in [-0.2, -0.15) is 0 Å². The third-order valence-electron chi connectivity index (χ3n) is 4.32. The van der Waals surface area contributed by atoms with Crippen LogP contribution >= 0.6 is 0 Å². The zero-order valence-corrected chi connectivity index (χ0v) is 15.3. The van der Waals surface area contributed by atoms with Gasteiger partial charge in [0.2, 0.25) is 0 Å². The van der Waals surface area contributed by atoms with Crippen LogP contribution in [0.1, 0.15) is 35.3 Å². The molecular weight excluding hydrogens is 328 g/mol. The highest BCUT2D eigenvalue weighted by Crippen LogP contribution is 2.30. The van der Waals surface area contributed by atoms with Crippen molar-refractivity contribution in [2.45, 2.75) is 26.8 Å². The van der Waals surface area contributed by atoms with Crippen LogP contribution in [-0.2, 0) is 0 Å². The molecule has 3 aromatic rings. The highest BCUT2D eigenvalue weighted by atomic mass is 16.3. The van der Waals surface area contributed by atoms with Gasteiger partial charge in [0, 0.05) is 30.4 Å². The Morgan fingerprint density at radius 3 is 2.65 bits per heavy atom. The van der Waals surface area contributed by atoms with Crippen LogP contribution < -0.4 is 16.9 Å². The number of hydrogen-bond donors (Lipinski definition) is 2. The Labute approximate surface area is 151 Å². The number of nitrogens with two attached hydrogens (primary N) is 2. The van der Waals surface area contributed by atoms with E-state index < -0.39 is 0 Å². The molecule has 0 bridgehead atoms. The first kappa shape index (κ1) is 17.8. The predicted octanol–water partition coefficient (Wildman–Crippen LogP) is 3.12. The lowest BCUT2D eigenvalue weighted by atomic mass is 10.00. The molecule has 0 aliphatic heterocycles. The summed E-state index contributed by atoms with van der Waals surface area (Å²) in [4.78, 5) is 21.4. The molecule has 4 N–H and O–H groups in total. The minimum absolute atomic E-state index is 0.0869. The average Bonchev–Trinajstić information content (AvgIpc) is 2.60. The minimum atomic E-state index is -0.265. The maximum Gasteiger partial charge on any atom is 0.196 e. The normalized spacial score (nSPS) is 12.8. The van der Waals surface area contributed by atoms with Gasteiger partial charge in [-0.3, -0.25) is 9.79 Å². The molecule has 134 valence electrons. The summed E-state index contributed by atoms with van der Waals surface area (Å²) in [5.41, 5.74) is 16.3. The molecule has 6 heteroatoms. The van der Waals surface area contributed by atoms with Crippen molar-refractivity contribution in [3.8, 4) is 11.5 Å². The molecule has 1 aromatic carbocycles. The largest absolute Gasteiger partial charge is 0.454 e. The number of hydrogen-bond acceptors (Lipinski definition) is 6. The number of aromatic nitrogens is 1. The van der Waals surface area contributed by atoms with Crippen LogP contribution in [-0.4, -0.2) is 18.2 Å². The number of benzene rings is 1. The predicted molar refractivity (Wildman–Crippen MR) is 106 cm³/mol. The van der Waals surface area contributed by atoms with Gasteiger partial charge in [-0.05, 0) is 44.5 Å². The molecule has 6 nitrogen and oxygen atoms in total. The van der Waals surface area contributed by atoms with Gasteiger partial charge in [0.15, 0.2) is 11.2 Å². The average molecular weight is 350 g/mol. The van der Waals surface area contributed by atoms with Gasteiger partial charge >= 0.3 is 0 Å². The third-order valence-corrected chi connectivity index (χ3v) is 4.32. The Balaban J connectivity index is 2.36. The summed E-state index contributed by atoms with van der Waals surface area (Å²) in [5, 5.41) is 0.532. The van der Waals surface area contributed by atoms with E-state index in [1.807, 2.05) is 26.0 Å². The first-order chi connectivity index (χ1) is 12.3. The summed E-state index contributed by atoms with van der Waals surface area (Å²) < 4.78 is 6.15. The lowest BCUT2D eigenvalue weighted by Gasteiger charge is -2.13. The maximum absolute atomic E-state index is 12.9. The molecular formula is C20H22N4O2. The van der Waals surface area contributed by atoms with Gasteiger partial charge in [0.25, 0.3) is 0 Å². The van der Waals surface area contributed by atoms with Crippen molar-refractivity contribution in [3.05, 3.63) is 56.9 Å². The fourth-order valence-electron chi connectivity index (χ4n) is 2.99. The van der Waals surface area contributed by atoms with E-state index in [4.69, 9.17) is 15.9 Å². The molecule has 0 saturated carbocycles. The molecule has 3 rings (SSSR count). The Morgan fingerprint density at radius 1 is 1.27 bits per heavy atom. The third kappa shape index (κ3) is 2.99. The Morgan fingerprint density at radius 2 is 2.00 bits per heavy atom. The number of anilines is 1. The number of fused-ring (bicyclic) bond motifs is 1. The van der Waals surface area contributed by atoms with E-state index in [9.17, 15) is 4.79 Å². The Hall–Kier alpha value is -2.99. The van der Waals surface area contributed by atoms with Crippen LogP contribution in [0.4, 0.5) is 5.69 Å². The van der Waals surface area contributed by atoms with Gasteiger partial charge in [-0.15, -0.1) is 0 Å². The van der Waals surface area contributed by atoms with Crippen LogP contribution in [0.3, 0.4) is 0 Å². The molecule has 0 saturated heterocycles. The van der Waals surface area contributed by atoms with E-state index in [1.165, 1.54) is 0 Å². The van der Waals surface area contributed by atoms with Crippen molar-refractivity contribution in [1.82, 2.24) is 4.98 Å². The second-order valence-electron chi connectivity index (χ2n) is 6.46. The van der Waals surface area contributed by atoms with Crippen LogP contribution in [0.25, 0.3) is 22.4 Å². The molecule has 1 atom stereocenters. The Bertz CT molecular complexity index is 1080. The molecule has 26 heavy (non-hydrogen) atoms. The molecule has 0 aliphatic carbocycles. The van der Waals surface area contributed by atoms with Crippen LogP contribution in [0, 0.1) is 13.8 Å². The summed E-state index contributed by atoms with van der Waals surface area (Å²) in [7, 11) is 1.65. The number of aryl methyl sites for hydroxylation is 1. The summed E-state index contributed by atoms with van der Waals surface area (Å²) in [6.07, 6.45) is 1.57. The van der Waals surface area contributed by atoms with Crippen molar-refractivity contribution in [1.29, 1.82) is 0 Å². The van der Waals surface area contributed by atoms with Gasteiger partial charge in [0.1, 0.15) is 17.0 Å². The van der Waals surface area contributed by atoms with Crippen LogP contribution in [0.2, 0.25) is 0 Å². The zero-order valence-electron chi connectivity index (χ0n) is 15.3. The molecule has 2 aromatic heterocycles. The monoisotopic (exact) mass is 350 g/mol. The second-order valence-corrected chi connectivity index (χ2v) is 6.46. The van der Waals surface area contributed by atoms with Gasteiger partial charge in [-0.1, -0.05) is 6.07 Å². The van der Waals surface area contributed by atoms with Crippen molar-refractivity contribution < 1.29 is 4.42 Å². The fraction of sp³-hybridized carbons (Fsp3) is 0.250. The number of rotatable bonds is 3. The first-order valence-electron chi connectivity index (χ1n) is 8.36. The van der Waals surface area contributed by atoms with Crippen molar-refractivity contribution in [3.63, 3.8) is 0 Å². The lowest BCUT2D eigenvalue weighted by molar-refractivity contribution is 0.601. The van der Waals surface area contributed by atoms with E-state index in [0.717, 1.165) is 11.1 Å². The Kier molecular flexibility index (Phi) is 4.61. The van der Waals surface area contributed by atoms with E-state index >= 15 is 0 Å². The number of aliphatic imine (C=N–C) groups is 1. The van der Waals surface area contributed by atoms with Gasteiger partial charge in [0.05, 0.1) is 11.1 Å². The lowest BCUT2D eigenvalue weighted by Crippen LogP contribution is -2.12. The van der Waals surface area contributed by atoms with E-state index in [2.05, 4.69) is 9.98 Å². The molecule has 2 heterocycles. The summed E-state index contributed by atoms with van der Waals surface area (Å²) in [5.74, 6) is 0.416. The van der Waals surface area contributed by atoms with Crippen molar-refractivity contribution >= 4 is 22.9 Å². The van der Waals surface area contributed by atoms with Crippen LogP contribution in [0.5, 0.6) is 0 Å². The fourth-order valence-corrected chi connectivity index (χ4v) is 2.99. The van der Waals surface area contributed by atoms with Crippen LogP contribution in [0.15, 0.2) is 38.5 Å². The van der Waals surface area contributed by atoms with Crippen molar-refractivity contribution in [2.75, 3.05) is 12.8 Å². The number of nitrogen functional groups attached to an aromatic ring is 1. The standard InChI is InChI=1S/C20H22N4O2/c1-10-7-13(12(3)21)20-14(8-10)18(25)11(2)19(26-20)16-6-5-15(22)17(24-16)9-23-4/h5-9,12H,21-22H2,1-4H3. The molecule has 1 unspecified atom stereocenters. The minimum Gasteiger partial charge on any atom is -0.454 e. The van der Waals surface area contributed by atoms with Gasteiger partial charge < -0.3 is 15.9 Å². The van der Waals surface area contributed by atoms with Gasteiger partial charge in [-0.25, -0.2) is 4.98 Å². The molecule has 0 spiro atoms. The summed E-state index contributed by atoms with van der Waals surface area (Å²) in [6, 6.07) is 6.97. The topological polar surface area (TPSA) is 107 Å². The number of pyridine rings is 1. The summed E-state index contributed by atoms with van der Waals surface area (Å²) in [6.45, 7) is 5.54. The first-order valence-corrected chi connectivity index (χ1v) is 8.36. The zero-order chi connectivity index (χ0) is 19.0. The quantitative estimate of drug-likeness (QED) is 0.706. The smallest absolute Gasteiger partial charge is 0.196 e. The maximum atomic E-state index is 12.9. The highest BCUT2D eigenvalue weighted by molar-refractivity contribution is 5.86. The second kappa shape index (κ2) is 6.72. The highest BCUT2D eigenvalue weighted by Gasteiger charge is 2.18. The van der Waals surface area contributed by atoms with E-state index in [1.54, 1.807) is 32.3 Å².